The predicted octanol–water partition coefficient (Wildman–Crippen LogP) is 3.67. The van der Waals surface area contributed by atoms with Crippen LogP contribution in [0.5, 0.6) is 0 Å². The lowest BCUT2D eigenvalue weighted by molar-refractivity contribution is 0.0948. The first-order valence-corrected chi connectivity index (χ1v) is 7.81. The molecule has 2 N–H and O–H groups in total. The van der Waals surface area contributed by atoms with E-state index in [1.807, 2.05) is 24.3 Å². The SMILES string of the molecule is CCCNc1ccccc1C(=O)NCC1CCC(C)C1. The van der Waals surface area contributed by atoms with Crippen LogP contribution in [0.3, 0.4) is 0 Å². The van der Waals surface area contributed by atoms with E-state index >= 15 is 0 Å². The molecule has 2 rings (SSSR count). The van der Waals surface area contributed by atoms with Crippen LogP contribution in [0.2, 0.25) is 0 Å². The topological polar surface area (TPSA) is 41.1 Å². The average molecular weight is 274 g/mol. The summed E-state index contributed by atoms with van der Waals surface area (Å²) in [6.07, 6.45) is 4.85. The molecule has 2 atom stereocenters. The Kier molecular flexibility index (Phi) is 5.45. The average Bonchev–Trinajstić information content (AvgIpc) is 2.88. The molecule has 3 heteroatoms. The third kappa shape index (κ3) is 3.99. The van der Waals surface area contributed by atoms with Gasteiger partial charge >= 0.3 is 0 Å². The van der Waals surface area contributed by atoms with Crippen LogP contribution in [0.1, 0.15) is 49.9 Å². The summed E-state index contributed by atoms with van der Waals surface area (Å²) in [5, 5.41) is 6.42. The first kappa shape index (κ1) is 14.9. The minimum Gasteiger partial charge on any atom is -0.384 e. The Bertz CT molecular complexity index is 444. The Morgan fingerprint density at radius 2 is 2.10 bits per heavy atom. The van der Waals surface area contributed by atoms with Crippen LogP contribution in [-0.4, -0.2) is 19.0 Å². The molecule has 1 aliphatic carbocycles. The fourth-order valence-corrected chi connectivity index (χ4v) is 2.94. The van der Waals surface area contributed by atoms with Gasteiger partial charge in [-0.3, -0.25) is 4.79 Å². The zero-order valence-corrected chi connectivity index (χ0v) is 12.6. The maximum Gasteiger partial charge on any atom is 0.253 e. The van der Waals surface area contributed by atoms with Crippen molar-refractivity contribution in [3.63, 3.8) is 0 Å². The van der Waals surface area contributed by atoms with Crippen molar-refractivity contribution in [2.75, 3.05) is 18.4 Å². The van der Waals surface area contributed by atoms with E-state index in [0.29, 0.717) is 5.92 Å². The summed E-state index contributed by atoms with van der Waals surface area (Å²) in [4.78, 5) is 12.3. The van der Waals surface area contributed by atoms with Crippen molar-refractivity contribution < 1.29 is 4.79 Å². The summed E-state index contributed by atoms with van der Waals surface area (Å²) in [6, 6.07) is 7.75. The predicted molar refractivity (Wildman–Crippen MR) is 84.1 cm³/mol. The minimum absolute atomic E-state index is 0.0451. The molecule has 20 heavy (non-hydrogen) atoms. The summed E-state index contributed by atoms with van der Waals surface area (Å²) >= 11 is 0. The van der Waals surface area contributed by atoms with Gasteiger partial charge < -0.3 is 10.6 Å². The van der Waals surface area contributed by atoms with Gasteiger partial charge in [0.25, 0.3) is 5.91 Å². The molecule has 0 heterocycles. The molecule has 0 bridgehead atoms. The third-order valence-corrected chi connectivity index (χ3v) is 4.09. The van der Waals surface area contributed by atoms with Crippen LogP contribution in [-0.2, 0) is 0 Å². The van der Waals surface area contributed by atoms with E-state index in [-0.39, 0.29) is 5.91 Å². The maximum absolute atomic E-state index is 12.3. The summed E-state index contributed by atoms with van der Waals surface area (Å²) in [7, 11) is 0. The van der Waals surface area contributed by atoms with Crippen molar-refractivity contribution >= 4 is 11.6 Å². The summed E-state index contributed by atoms with van der Waals surface area (Å²) in [6.45, 7) is 6.12. The Labute approximate surface area is 122 Å². The van der Waals surface area contributed by atoms with Crippen molar-refractivity contribution in [2.24, 2.45) is 11.8 Å². The van der Waals surface area contributed by atoms with Gasteiger partial charge in [0.2, 0.25) is 0 Å². The Morgan fingerprint density at radius 3 is 2.80 bits per heavy atom. The lowest BCUT2D eigenvalue weighted by atomic mass is 10.1. The number of anilines is 1. The third-order valence-electron chi connectivity index (χ3n) is 4.09. The smallest absolute Gasteiger partial charge is 0.253 e. The maximum atomic E-state index is 12.3. The molecular formula is C17H26N2O. The molecule has 110 valence electrons. The molecule has 1 aromatic carbocycles. The monoisotopic (exact) mass is 274 g/mol. The van der Waals surface area contributed by atoms with E-state index in [0.717, 1.165) is 36.7 Å². The second-order valence-electron chi connectivity index (χ2n) is 5.97. The number of amides is 1. The van der Waals surface area contributed by atoms with Crippen LogP contribution in [0.15, 0.2) is 24.3 Å². The zero-order chi connectivity index (χ0) is 14.4. The minimum atomic E-state index is 0.0451. The number of carbonyl (C=O) groups excluding carboxylic acids is 1. The van der Waals surface area contributed by atoms with Crippen molar-refractivity contribution in [3.8, 4) is 0 Å². The Hall–Kier alpha value is -1.51. The molecular weight excluding hydrogens is 248 g/mol. The molecule has 0 spiro atoms. The second-order valence-corrected chi connectivity index (χ2v) is 5.97. The number of hydrogen-bond acceptors (Lipinski definition) is 2. The van der Waals surface area contributed by atoms with Crippen molar-refractivity contribution in [3.05, 3.63) is 29.8 Å². The van der Waals surface area contributed by atoms with Crippen LogP contribution < -0.4 is 10.6 Å². The molecule has 1 amide bonds. The second kappa shape index (κ2) is 7.32. The molecule has 3 nitrogen and oxygen atoms in total. The number of nitrogens with one attached hydrogen (secondary N) is 2. The molecule has 0 radical (unpaired) electrons. The Morgan fingerprint density at radius 1 is 1.30 bits per heavy atom. The van der Waals surface area contributed by atoms with E-state index in [4.69, 9.17) is 0 Å². The number of para-hydroxylation sites is 1. The molecule has 1 saturated carbocycles. The quantitative estimate of drug-likeness (QED) is 0.831. The molecule has 1 aliphatic rings. The van der Waals surface area contributed by atoms with Crippen LogP contribution in [0.4, 0.5) is 5.69 Å². The first-order valence-electron chi connectivity index (χ1n) is 7.81. The van der Waals surface area contributed by atoms with Gasteiger partial charge in [-0.05, 0) is 43.2 Å². The molecule has 0 aromatic heterocycles. The fraction of sp³-hybridized carbons (Fsp3) is 0.588. The highest BCUT2D eigenvalue weighted by atomic mass is 16.1. The van der Waals surface area contributed by atoms with Gasteiger partial charge in [0, 0.05) is 18.8 Å². The first-order chi connectivity index (χ1) is 9.70. The van der Waals surface area contributed by atoms with Gasteiger partial charge in [-0.25, -0.2) is 0 Å². The van der Waals surface area contributed by atoms with E-state index in [1.54, 1.807) is 0 Å². The number of rotatable bonds is 6. The lowest BCUT2D eigenvalue weighted by Gasteiger charge is -2.14. The van der Waals surface area contributed by atoms with Crippen LogP contribution >= 0.6 is 0 Å². The summed E-state index contributed by atoms with van der Waals surface area (Å²) in [5.41, 5.74) is 1.69. The highest BCUT2D eigenvalue weighted by Crippen LogP contribution is 2.29. The lowest BCUT2D eigenvalue weighted by Crippen LogP contribution is -2.29. The largest absolute Gasteiger partial charge is 0.384 e. The van der Waals surface area contributed by atoms with Gasteiger partial charge in [0.05, 0.1) is 5.56 Å². The molecule has 2 unspecified atom stereocenters. The zero-order valence-electron chi connectivity index (χ0n) is 12.6. The molecule has 0 saturated heterocycles. The normalized spacial score (nSPS) is 21.7. The van der Waals surface area contributed by atoms with Crippen molar-refractivity contribution in [2.45, 2.75) is 39.5 Å². The summed E-state index contributed by atoms with van der Waals surface area (Å²) in [5.74, 6) is 1.52. The number of benzene rings is 1. The van der Waals surface area contributed by atoms with Gasteiger partial charge in [-0.15, -0.1) is 0 Å². The van der Waals surface area contributed by atoms with E-state index < -0.39 is 0 Å². The molecule has 1 fully saturated rings. The van der Waals surface area contributed by atoms with Crippen LogP contribution in [0.25, 0.3) is 0 Å². The number of carbonyl (C=O) groups is 1. The van der Waals surface area contributed by atoms with Gasteiger partial charge in [0.15, 0.2) is 0 Å². The van der Waals surface area contributed by atoms with Gasteiger partial charge in [-0.1, -0.05) is 32.4 Å². The van der Waals surface area contributed by atoms with E-state index in [1.165, 1.54) is 19.3 Å². The number of hydrogen-bond donors (Lipinski definition) is 2. The van der Waals surface area contributed by atoms with Crippen LogP contribution in [0, 0.1) is 11.8 Å². The van der Waals surface area contributed by atoms with Gasteiger partial charge in [-0.2, -0.15) is 0 Å². The summed E-state index contributed by atoms with van der Waals surface area (Å²) < 4.78 is 0. The van der Waals surface area contributed by atoms with Crippen molar-refractivity contribution in [1.82, 2.24) is 5.32 Å². The highest BCUT2D eigenvalue weighted by Gasteiger charge is 2.22. The van der Waals surface area contributed by atoms with E-state index in [9.17, 15) is 4.79 Å². The highest BCUT2D eigenvalue weighted by molar-refractivity contribution is 5.99. The van der Waals surface area contributed by atoms with Crippen molar-refractivity contribution in [1.29, 1.82) is 0 Å². The fourth-order valence-electron chi connectivity index (χ4n) is 2.94. The van der Waals surface area contributed by atoms with E-state index in [2.05, 4.69) is 24.5 Å². The molecule has 0 aliphatic heterocycles. The van der Waals surface area contributed by atoms with Gasteiger partial charge in [0.1, 0.15) is 0 Å². The standard InChI is InChI=1S/C17H26N2O/c1-3-10-18-16-7-5-4-6-15(16)17(20)19-12-14-9-8-13(2)11-14/h4-7,13-14,18H,3,8-12H2,1-2H3,(H,19,20). The molecule has 1 aromatic rings. The Balaban J connectivity index is 1.91.